The minimum absolute atomic E-state index is 0. The Hall–Kier alpha value is -3.85. The van der Waals surface area contributed by atoms with Gasteiger partial charge in [-0.2, -0.15) is 5.26 Å². The molecule has 1 aliphatic rings. The van der Waals surface area contributed by atoms with E-state index in [0.717, 1.165) is 42.0 Å². The number of hydrogen-bond donors (Lipinski definition) is 1. The second-order valence-corrected chi connectivity index (χ2v) is 9.04. The standard InChI is InChI=1S/C21H22N2O.C9H11F.CH2O2.H2/c22-14-17-8-4-5-9-19(17)20-12-11-18(15-23-20)21(24)13-10-16-6-2-1-3-7-16;1-2-4-8-5-3-6-9(10)7-8;2-1-3;/h4-5,8-9,11-12,15-16H,1-3,6-7,10,13H2;3,5-7H,2,4H2,1H3;1H,(H,2,3);1H. The number of aryl methyl sites for hydroxylation is 1. The largest absolute Gasteiger partial charge is 0.483 e. The van der Waals surface area contributed by atoms with Crippen molar-refractivity contribution in [2.75, 3.05) is 0 Å². The maximum atomic E-state index is 12.5. The molecule has 0 atom stereocenters. The molecule has 0 radical (unpaired) electrons. The minimum atomic E-state index is -0.250. The SMILES string of the molecule is CCCc1cccc(F)c1.N#Cc1ccccc1-c1ccc(C(=O)CCC2CCCCC2)cn1.O=CO.[HH]. The number of nitrogens with zero attached hydrogens (tertiary/aromatic N) is 2. The van der Waals surface area contributed by atoms with Crippen molar-refractivity contribution >= 4 is 12.3 Å². The van der Waals surface area contributed by atoms with Gasteiger partial charge in [0.25, 0.3) is 6.47 Å². The van der Waals surface area contributed by atoms with Gasteiger partial charge in [-0.3, -0.25) is 14.6 Å². The van der Waals surface area contributed by atoms with Crippen LogP contribution in [-0.2, 0) is 11.2 Å². The van der Waals surface area contributed by atoms with Crippen molar-refractivity contribution in [3.05, 3.63) is 89.4 Å². The Morgan fingerprint density at radius 2 is 1.86 bits per heavy atom. The van der Waals surface area contributed by atoms with Crippen molar-refractivity contribution in [2.24, 2.45) is 5.92 Å². The molecule has 1 fully saturated rings. The zero-order valence-electron chi connectivity index (χ0n) is 21.4. The van der Waals surface area contributed by atoms with E-state index in [1.165, 1.54) is 38.2 Å². The van der Waals surface area contributed by atoms with E-state index in [1.807, 2.05) is 36.4 Å². The lowest BCUT2D eigenvalue weighted by molar-refractivity contribution is -0.122. The summed E-state index contributed by atoms with van der Waals surface area (Å²) in [6.45, 7) is 1.84. The van der Waals surface area contributed by atoms with Crippen LogP contribution < -0.4 is 0 Å². The van der Waals surface area contributed by atoms with Gasteiger partial charge >= 0.3 is 0 Å². The third kappa shape index (κ3) is 10.3. The van der Waals surface area contributed by atoms with Gasteiger partial charge in [-0.15, -0.1) is 0 Å². The fraction of sp³-hybridized carbons (Fsp3) is 0.355. The fourth-order valence-corrected chi connectivity index (χ4v) is 4.46. The zero-order chi connectivity index (χ0) is 26.9. The molecule has 6 heteroatoms. The number of carbonyl (C=O) groups is 2. The zero-order valence-corrected chi connectivity index (χ0v) is 21.4. The van der Waals surface area contributed by atoms with E-state index in [1.54, 1.807) is 24.4 Å². The molecule has 1 heterocycles. The molecule has 4 rings (SSSR count). The number of ketones is 1. The van der Waals surface area contributed by atoms with E-state index < -0.39 is 0 Å². The van der Waals surface area contributed by atoms with E-state index in [-0.39, 0.29) is 19.5 Å². The highest BCUT2D eigenvalue weighted by atomic mass is 19.1. The van der Waals surface area contributed by atoms with E-state index in [4.69, 9.17) is 9.90 Å². The summed E-state index contributed by atoms with van der Waals surface area (Å²) >= 11 is 0. The molecule has 1 aromatic heterocycles. The van der Waals surface area contributed by atoms with Crippen LogP contribution in [0.15, 0.2) is 66.9 Å². The molecule has 0 unspecified atom stereocenters. The highest BCUT2D eigenvalue weighted by Crippen LogP contribution is 2.28. The van der Waals surface area contributed by atoms with Gasteiger partial charge in [0.15, 0.2) is 5.78 Å². The summed E-state index contributed by atoms with van der Waals surface area (Å²) in [5, 5.41) is 16.1. The summed E-state index contributed by atoms with van der Waals surface area (Å²) in [6, 6.07) is 20.0. The molecule has 1 N–H and O–H groups in total. The van der Waals surface area contributed by atoms with Crippen LogP contribution >= 0.6 is 0 Å². The molecule has 0 aliphatic heterocycles. The van der Waals surface area contributed by atoms with Crippen LogP contribution in [0.1, 0.15) is 81.2 Å². The van der Waals surface area contributed by atoms with Gasteiger partial charge in [0.2, 0.25) is 0 Å². The first-order chi connectivity index (χ1) is 18.0. The number of Topliss-reactive ketones (excluding diaryl/α,β-unsaturated/α-hetero) is 1. The molecule has 0 amide bonds. The normalized spacial score (nSPS) is 12.7. The van der Waals surface area contributed by atoms with Crippen molar-refractivity contribution < 1.29 is 20.5 Å². The maximum absolute atomic E-state index is 12.5. The summed E-state index contributed by atoms with van der Waals surface area (Å²) in [7, 11) is 0. The first kappa shape index (κ1) is 29.4. The fourth-order valence-electron chi connectivity index (χ4n) is 4.46. The smallest absolute Gasteiger partial charge is 0.290 e. The molecular formula is C31H37FN2O3. The summed E-state index contributed by atoms with van der Waals surface area (Å²) in [4.78, 5) is 25.1. The molecule has 1 saturated carbocycles. The van der Waals surface area contributed by atoms with Gasteiger partial charge in [0.05, 0.1) is 17.3 Å². The van der Waals surface area contributed by atoms with Crippen molar-refractivity contribution in [3.8, 4) is 17.3 Å². The summed E-state index contributed by atoms with van der Waals surface area (Å²) in [5.74, 6) is 0.761. The summed E-state index contributed by atoms with van der Waals surface area (Å²) < 4.78 is 12.5. The average Bonchev–Trinajstić information content (AvgIpc) is 2.93. The molecular weight excluding hydrogens is 467 g/mol. The van der Waals surface area contributed by atoms with Crippen LogP contribution in [0.25, 0.3) is 11.3 Å². The van der Waals surface area contributed by atoms with E-state index in [2.05, 4.69) is 18.0 Å². The molecule has 1 aliphatic carbocycles. The minimum Gasteiger partial charge on any atom is -0.483 e. The number of pyridine rings is 1. The lowest BCUT2D eigenvalue weighted by atomic mass is 9.85. The van der Waals surface area contributed by atoms with Crippen molar-refractivity contribution in [3.63, 3.8) is 0 Å². The molecule has 0 bridgehead atoms. The maximum Gasteiger partial charge on any atom is 0.290 e. The van der Waals surface area contributed by atoms with Crippen molar-refractivity contribution in [1.29, 1.82) is 5.26 Å². The Balaban J connectivity index is 0.000000432. The lowest BCUT2D eigenvalue weighted by Gasteiger charge is -2.20. The first-order valence-corrected chi connectivity index (χ1v) is 12.8. The Kier molecular flexibility index (Phi) is 13.3. The van der Waals surface area contributed by atoms with Crippen molar-refractivity contribution in [2.45, 2.75) is 64.7 Å². The van der Waals surface area contributed by atoms with Crippen LogP contribution in [0.4, 0.5) is 4.39 Å². The highest BCUT2D eigenvalue weighted by molar-refractivity contribution is 5.96. The number of benzene rings is 2. The number of rotatable bonds is 7. The van der Waals surface area contributed by atoms with Gasteiger partial charge in [-0.1, -0.05) is 75.8 Å². The molecule has 2 aromatic carbocycles. The third-order valence-electron chi connectivity index (χ3n) is 6.34. The number of nitriles is 1. The van der Waals surface area contributed by atoms with Crippen LogP contribution in [0.3, 0.4) is 0 Å². The van der Waals surface area contributed by atoms with Crippen LogP contribution in [0, 0.1) is 23.1 Å². The molecule has 3 aromatic rings. The summed E-state index contributed by atoms with van der Waals surface area (Å²) in [5.41, 5.74) is 3.89. The number of carboxylic acid groups (broad SMARTS) is 1. The molecule has 5 nitrogen and oxygen atoms in total. The predicted octanol–water partition coefficient (Wildman–Crippen LogP) is 7.89. The second-order valence-electron chi connectivity index (χ2n) is 9.04. The second kappa shape index (κ2) is 16.8. The number of halogens is 1. The Labute approximate surface area is 220 Å². The van der Waals surface area contributed by atoms with E-state index >= 15 is 0 Å². The van der Waals surface area contributed by atoms with Crippen LogP contribution in [0.2, 0.25) is 0 Å². The number of carbonyl (C=O) groups excluding carboxylic acids is 1. The van der Waals surface area contributed by atoms with Gasteiger partial charge in [0, 0.05) is 25.2 Å². The highest BCUT2D eigenvalue weighted by Gasteiger charge is 2.16. The molecule has 196 valence electrons. The Morgan fingerprint density at radius 1 is 1.14 bits per heavy atom. The monoisotopic (exact) mass is 504 g/mol. The molecule has 0 spiro atoms. The molecule has 37 heavy (non-hydrogen) atoms. The Bertz CT molecular complexity index is 1160. The predicted molar refractivity (Wildman–Crippen MR) is 146 cm³/mol. The van der Waals surface area contributed by atoms with Gasteiger partial charge < -0.3 is 5.11 Å². The lowest BCUT2D eigenvalue weighted by Crippen LogP contribution is -2.09. The van der Waals surface area contributed by atoms with E-state index in [0.29, 0.717) is 17.5 Å². The average molecular weight is 505 g/mol. The first-order valence-electron chi connectivity index (χ1n) is 12.8. The van der Waals surface area contributed by atoms with Gasteiger partial charge in [0.1, 0.15) is 5.82 Å². The number of hydrogen-bond acceptors (Lipinski definition) is 4. The van der Waals surface area contributed by atoms with Crippen LogP contribution in [-0.4, -0.2) is 22.3 Å². The van der Waals surface area contributed by atoms with Gasteiger partial charge in [-0.05, 0) is 54.7 Å². The molecule has 0 saturated heterocycles. The van der Waals surface area contributed by atoms with Crippen LogP contribution in [0.5, 0.6) is 0 Å². The topological polar surface area (TPSA) is 91.0 Å². The Morgan fingerprint density at radius 3 is 2.49 bits per heavy atom. The van der Waals surface area contributed by atoms with Crippen molar-refractivity contribution in [1.82, 2.24) is 4.98 Å². The summed E-state index contributed by atoms with van der Waals surface area (Å²) in [6.07, 6.45) is 11.8. The quantitative estimate of drug-likeness (QED) is 0.261. The third-order valence-corrected chi connectivity index (χ3v) is 6.34. The van der Waals surface area contributed by atoms with Gasteiger partial charge in [-0.25, -0.2) is 4.39 Å². The van der Waals surface area contributed by atoms with E-state index in [9.17, 15) is 14.4 Å². The number of aromatic nitrogens is 1.